The molecule has 1 N–H and O–H groups in total. The zero-order valence-corrected chi connectivity index (χ0v) is 16.9. The second-order valence-corrected chi connectivity index (χ2v) is 8.01. The zero-order chi connectivity index (χ0) is 21.6. The van der Waals surface area contributed by atoms with Gasteiger partial charge in [0.1, 0.15) is 11.4 Å². The SMILES string of the molecule is CN1CCC(c2ccc(-n3cc(-c4n[nH]c5ccccc45)nn3)cc2C(F)(F)F)CC1. The van der Waals surface area contributed by atoms with Gasteiger partial charge in [0, 0.05) is 5.39 Å². The molecule has 1 aliphatic rings. The highest BCUT2D eigenvalue weighted by atomic mass is 19.4. The Morgan fingerprint density at radius 1 is 1.06 bits per heavy atom. The summed E-state index contributed by atoms with van der Waals surface area (Å²) in [4.78, 5) is 2.15. The third kappa shape index (κ3) is 3.69. The van der Waals surface area contributed by atoms with Crippen LogP contribution in [0.1, 0.15) is 29.9 Å². The summed E-state index contributed by atoms with van der Waals surface area (Å²) in [7, 11) is 1.99. The first-order valence-electron chi connectivity index (χ1n) is 10.2. The van der Waals surface area contributed by atoms with Gasteiger partial charge >= 0.3 is 6.18 Å². The fourth-order valence-corrected chi connectivity index (χ4v) is 4.27. The summed E-state index contributed by atoms with van der Waals surface area (Å²) in [6, 6.07) is 12.0. The molecule has 1 aliphatic heterocycles. The molecule has 0 saturated carbocycles. The van der Waals surface area contributed by atoms with Crippen molar-refractivity contribution in [1.82, 2.24) is 30.1 Å². The van der Waals surface area contributed by atoms with Crippen LogP contribution in [0.2, 0.25) is 0 Å². The zero-order valence-electron chi connectivity index (χ0n) is 16.9. The molecule has 0 spiro atoms. The summed E-state index contributed by atoms with van der Waals surface area (Å²) in [5.74, 6) is -0.0939. The normalized spacial score (nSPS) is 16.3. The van der Waals surface area contributed by atoms with E-state index >= 15 is 0 Å². The Hall–Kier alpha value is -3.20. The van der Waals surface area contributed by atoms with Crippen molar-refractivity contribution < 1.29 is 13.2 Å². The molecule has 4 aromatic rings. The average Bonchev–Trinajstić information content (AvgIpc) is 3.40. The Bertz CT molecular complexity index is 1220. The van der Waals surface area contributed by atoms with Crippen molar-refractivity contribution in [2.24, 2.45) is 0 Å². The van der Waals surface area contributed by atoms with E-state index < -0.39 is 11.7 Å². The molecule has 0 bridgehead atoms. The van der Waals surface area contributed by atoms with Gasteiger partial charge in [-0.15, -0.1) is 5.10 Å². The molecule has 2 aromatic carbocycles. The topological polar surface area (TPSA) is 62.6 Å². The van der Waals surface area contributed by atoms with Crippen LogP contribution in [-0.2, 0) is 6.18 Å². The monoisotopic (exact) mass is 426 g/mol. The predicted molar refractivity (Wildman–Crippen MR) is 111 cm³/mol. The second-order valence-electron chi connectivity index (χ2n) is 8.01. The molecule has 0 radical (unpaired) electrons. The van der Waals surface area contributed by atoms with Gasteiger partial charge in [-0.3, -0.25) is 5.10 Å². The Morgan fingerprint density at radius 2 is 1.84 bits per heavy atom. The lowest BCUT2D eigenvalue weighted by Crippen LogP contribution is -2.30. The summed E-state index contributed by atoms with van der Waals surface area (Å²) in [6.07, 6.45) is -1.39. The van der Waals surface area contributed by atoms with E-state index in [1.165, 1.54) is 10.7 Å². The molecule has 2 aromatic heterocycles. The molecular formula is C22H21F3N6. The lowest BCUT2D eigenvalue weighted by molar-refractivity contribution is -0.138. The van der Waals surface area contributed by atoms with E-state index in [1.54, 1.807) is 18.3 Å². The number of piperidine rings is 1. The highest BCUT2D eigenvalue weighted by Gasteiger charge is 2.36. The largest absolute Gasteiger partial charge is 0.416 e. The number of fused-ring (bicyclic) bond motifs is 1. The third-order valence-corrected chi connectivity index (χ3v) is 5.97. The summed E-state index contributed by atoms with van der Waals surface area (Å²) in [6.45, 7) is 1.60. The van der Waals surface area contributed by atoms with Gasteiger partial charge in [-0.1, -0.05) is 29.5 Å². The van der Waals surface area contributed by atoms with Crippen LogP contribution in [0.25, 0.3) is 28.0 Å². The van der Waals surface area contributed by atoms with Gasteiger partial charge in [-0.25, -0.2) is 4.68 Å². The van der Waals surface area contributed by atoms with Crippen LogP contribution in [0.5, 0.6) is 0 Å². The Balaban J connectivity index is 1.51. The predicted octanol–water partition coefficient (Wildman–Crippen LogP) is 4.64. The Labute approximate surface area is 176 Å². The first kappa shape index (κ1) is 19.7. The lowest BCUT2D eigenvalue weighted by atomic mass is 9.86. The number of nitrogens with one attached hydrogen (secondary N) is 1. The van der Waals surface area contributed by atoms with Crippen LogP contribution < -0.4 is 0 Å². The van der Waals surface area contributed by atoms with Crippen LogP contribution >= 0.6 is 0 Å². The van der Waals surface area contributed by atoms with E-state index in [0.717, 1.165) is 36.8 Å². The van der Waals surface area contributed by atoms with Gasteiger partial charge in [-0.05, 0) is 62.7 Å². The molecule has 0 atom stereocenters. The number of hydrogen-bond donors (Lipinski definition) is 1. The fourth-order valence-electron chi connectivity index (χ4n) is 4.27. The quantitative estimate of drug-likeness (QED) is 0.519. The Kier molecular flexibility index (Phi) is 4.77. The van der Waals surface area contributed by atoms with Gasteiger partial charge in [0.25, 0.3) is 0 Å². The van der Waals surface area contributed by atoms with E-state index in [1.807, 2.05) is 31.3 Å². The first-order chi connectivity index (χ1) is 14.9. The molecule has 1 saturated heterocycles. The molecule has 1 fully saturated rings. The number of H-pyrrole nitrogens is 1. The maximum Gasteiger partial charge on any atom is 0.416 e. The molecule has 31 heavy (non-hydrogen) atoms. The maximum atomic E-state index is 13.9. The smallest absolute Gasteiger partial charge is 0.306 e. The highest BCUT2D eigenvalue weighted by Crippen LogP contribution is 2.39. The van der Waals surface area contributed by atoms with E-state index in [2.05, 4.69) is 25.4 Å². The van der Waals surface area contributed by atoms with Crippen molar-refractivity contribution in [3.05, 3.63) is 59.8 Å². The summed E-state index contributed by atoms with van der Waals surface area (Å²) in [5, 5.41) is 16.3. The van der Waals surface area contributed by atoms with Crippen molar-refractivity contribution in [3.63, 3.8) is 0 Å². The number of likely N-dealkylation sites (tertiary alicyclic amines) is 1. The number of alkyl halides is 3. The third-order valence-electron chi connectivity index (χ3n) is 5.97. The maximum absolute atomic E-state index is 13.9. The number of para-hydroxylation sites is 1. The fraction of sp³-hybridized carbons (Fsp3) is 0.318. The van der Waals surface area contributed by atoms with Crippen LogP contribution in [-0.4, -0.2) is 50.2 Å². The van der Waals surface area contributed by atoms with Crippen LogP contribution in [0.3, 0.4) is 0 Å². The molecule has 3 heterocycles. The lowest BCUT2D eigenvalue weighted by Gasteiger charge is -2.30. The van der Waals surface area contributed by atoms with Crippen molar-refractivity contribution in [3.8, 4) is 17.1 Å². The number of rotatable bonds is 3. The molecule has 0 amide bonds. The molecule has 5 rings (SSSR count). The number of aromatic amines is 1. The second kappa shape index (κ2) is 7.49. The molecule has 6 nitrogen and oxygen atoms in total. The van der Waals surface area contributed by atoms with E-state index in [0.29, 0.717) is 22.6 Å². The molecule has 0 unspecified atom stereocenters. The molecular weight excluding hydrogens is 405 g/mol. The summed E-state index contributed by atoms with van der Waals surface area (Å²) >= 11 is 0. The molecule has 0 aliphatic carbocycles. The molecule has 160 valence electrons. The van der Waals surface area contributed by atoms with E-state index in [9.17, 15) is 13.2 Å². The minimum Gasteiger partial charge on any atom is -0.306 e. The van der Waals surface area contributed by atoms with Gasteiger partial charge in [-0.2, -0.15) is 18.3 Å². The average molecular weight is 426 g/mol. The molecule has 9 heteroatoms. The van der Waals surface area contributed by atoms with Gasteiger partial charge in [0.15, 0.2) is 0 Å². The van der Waals surface area contributed by atoms with Crippen LogP contribution in [0, 0.1) is 0 Å². The summed E-state index contributed by atoms with van der Waals surface area (Å²) in [5.41, 5.74) is 2.05. The van der Waals surface area contributed by atoms with Crippen LogP contribution in [0.4, 0.5) is 13.2 Å². The Morgan fingerprint density at radius 3 is 2.61 bits per heavy atom. The standard InChI is InChI=1S/C22H21F3N6/c1-30-10-8-14(9-11-30)16-7-6-15(12-18(16)22(23,24)25)31-13-20(27-29-31)21-17-4-2-3-5-19(17)26-28-21/h2-7,12-14H,8-11H2,1H3,(H,26,28). The van der Waals surface area contributed by atoms with Crippen molar-refractivity contribution in [2.45, 2.75) is 24.9 Å². The highest BCUT2D eigenvalue weighted by molar-refractivity contribution is 5.91. The van der Waals surface area contributed by atoms with Crippen molar-refractivity contribution in [2.75, 3.05) is 20.1 Å². The van der Waals surface area contributed by atoms with Gasteiger partial charge < -0.3 is 4.90 Å². The number of aromatic nitrogens is 5. The number of halogens is 3. The van der Waals surface area contributed by atoms with Crippen molar-refractivity contribution in [1.29, 1.82) is 0 Å². The van der Waals surface area contributed by atoms with E-state index in [-0.39, 0.29) is 5.92 Å². The minimum atomic E-state index is -4.43. The van der Waals surface area contributed by atoms with Crippen LogP contribution in [0.15, 0.2) is 48.7 Å². The summed E-state index contributed by atoms with van der Waals surface area (Å²) < 4.78 is 43.1. The number of benzene rings is 2. The number of hydrogen-bond acceptors (Lipinski definition) is 4. The number of nitrogens with zero attached hydrogens (tertiary/aromatic N) is 5. The van der Waals surface area contributed by atoms with Crippen molar-refractivity contribution >= 4 is 10.9 Å². The van der Waals surface area contributed by atoms with Gasteiger partial charge in [0.05, 0.1) is 23.0 Å². The van der Waals surface area contributed by atoms with E-state index in [4.69, 9.17) is 0 Å². The van der Waals surface area contributed by atoms with Gasteiger partial charge in [0.2, 0.25) is 0 Å². The first-order valence-corrected chi connectivity index (χ1v) is 10.2. The minimum absolute atomic E-state index is 0.0939.